The van der Waals surface area contributed by atoms with E-state index in [0.29, 0.717) is 35.6 Å². The van der Waals surface area contributed by atoms with Crippen LogP contribution in [0, 0.1) is 5.82 Å². The average Bonchev–Trinajstić information content (AvgIpc) is 3.11. The van der Waals surface area contributed by atoms with Crippen molar-refractivity contribution in [2.24, 2.45) is 5.73 Å². The summed E-state index contributed by atoms with van der Waals surface area (Å²) < 4.78 is 19.9. The van der Waals surface area contributed by atoms with Crippen molar-refractivity contribution in [1.29, 1.82) is 0 Å². The second kappa shape index (κ2) is 8.62. The topological polar surface area (TPSA) is 114 Å². The fourth-order valence-electron chi connectivity index (χ4n) is 3.84. The lowest BCUT2D eigenvalue weighted by Crippen LogP contribution is -2.39. The maximum Gasteiger partial charge on any atom is 0.234 e. The average molecular weight is 446 g/mol. The van der Waals surface area contributed by atoms with Crippen molar-refractivity contribution < 1.29 is 19.0 Å². The number of nitrogens with zero attached hydrogens (tertiary/aromatic N) is 3. The zero-order valence-electron chi connectivity index (χ0n) is 16.7. The maximum atomic E-state index is 14.4. The van der Waals surface area contributed by atoms with Crippen LogP contribution >= 0.6 is 11.6 Å². The number of ether oxygens (including phenoxy) is 1. The van der Waals surface area contributed by atoms with Crippen LogP contribution in [0.3, 0.4) is 0 Å². The lowest BCUT2D eigenvalue weighted by Gasteiger charge is -2.23. The fraction of sp³-hybridized carbons (Fsp3) is 0.286. The van der Waals surface area contributed by atoms with Crippen molar-refractivity contribution in [3.8, 4) is 5.75 Å². The molecule has 2 atom stereocenters. The molecule has 1 aliphatic rings. The molecule has 1 saturated heterocycles. The number of β-amino-alcohol motifs (C(OH)–C–C–N with tert-alkyl or cyclic N) is 1. The van der Waals surface area contributed by atoms with E-state index in [1.54, 1.807) is 18.2 Å². The monoisotopic (exact) mass is 445 g/mol. The van der Waals surface area contributed by atoms with Gasteiger partial charge in [0.2, 0.25) is 5.91 Å². The summed E-state index contributed by atoms with van der Waals surface area (Å²) in [4.78, 5) is 22.1. The van der Waals surface area contributed by atoms with Gasteiger partial charge >= 0.3 is 0 Å². The van der Waals surface area contributed by atoms with Gasteiger partial charge in [-0.3, -0.25) is 9.69 Å². The molecule has 2 heterocycles. The minimum absolute atomic E-state index is 0.00388. The number of hydrogen-bond donors (Lipinski definition) is 3. The van der Waals surface area contributed by atoms with Gasteiger partial charge in [0.1, 0.15) is 17.9 Å². The van der Waals surface area contributed by atoms with Crippen LogP contribution in [-0.2, 0) is 11.3 Å². The number of aliphatic hydroxyl groups excluding tert-OH is 1. The number of rotatable bonds is 6. The SMILES string of the molecule is COc1cc2ncnc(Nc3cccc(Cl)c3F)c2cc1CN1C[C@H](O)C[C@@H]1C(N)=O. The lowest BCUT2D eigenvalue weighted by atomic mass is 10.1. The molecule has 162 valence electrons. The highest BCUT2D eigenvalue weighted by Crippen LogP contribution is 2.33. The van der Waals surface area contributed by atoms with E-state index in [0.717, 1.165) is 5.56 Å². The van der Waals surface area contributed by atoms with Crippen LogP contribution < -0.4 is 15.8 Å². The highest BCUT2D eigenvalue weighted by Gasteiger charge is 2.35. The number of methoxy groups -OCH3 is 1. The number of aliphatic hydroxyl groups is 1. The molecule has 0 aliphatic carbocycles. The molecule has 0 bridgehead atoms. The molecule has 2 aromatic carbocycles. The molecule has 10 heteroatoms. The Labute approximate surface area is 182 Å². The zero-order chi connectivity index (χ0) is 22.1. The number of nitrogens with one attached hydrogen (secondary N) is 1. The van der Waals surface area contributed by atoms with E-state index < -0.39 is 23.9 Å². The number of anilines is 2. The number of likely N-dealkylation sites (tertiary alicyclic amines) is 1. The Morgan fingerprint density at radius 3 is 2.97 bits per heavy atom. The Balaban J connectivity index is 1.74. The number of halogens is 2. The summed E-state index contributed by atoms with van der Waals surface area (Å²) in [7, 11) is 1.54. The van der Waals surface area contributed by atoms with Gasteiger partial charge in [-0.15, -0.1) is 0 Å². The van der Waals surface area contributed by atoms with Crippen molar-refractivity contribution in [2.75, 3.05) is 19.0 Å². The maximum absolute atomic E-state index is 14.4. The molecular formula is C21H21ClFN5O3. The number of aromatic nitrogens is 2. The molecule has 0 saturated carbocycles. The number of carbonyl (C=O) groups is 1. The molecule has 4 rings (SSSR count). The third kappa shape index (κ3) is 4.25. The minimum atomic E-state index is -0.629. The smallest absolute Gasteiger partial charge is 0.234 e. The van der Waals surface area contributed by atoms with Crippen molar-refractivity contribution in [3.05, 3.63) is 53.1 Å². The van der Waals surface area contributed by atoms with Gasteiger partial charge in [0.25, 0.3) is 0 Å². The first kappa shape index (κ1) is 21.2. The predicted molar refractivity (Wildman–Crippen MR) is 115 cm³/mol. The first-order valence-electron chi connectivity index (χ1n) is 9.61. The lowest BCUT2D eigenvalue weighted by molar-refractivity contribution is -0.122. The van der Waals surface area contributed by atoms with Crippen molar-refractivity contribution in [3.63, 3.8) is 0 Å². The molecule has 31 heavy (non-hydrogen) atoms. The van der Waals surface area contributed by atoms with Crippen molar-refractivity contribution in [2.45, 2.75) is 25.1 Å². The second-order valence-corrected chi connectivity index (χ2v) is 7.77. The van der Waals surface area contributed by atoms with Gasteiger partial charge in [-0.25, -0.2) is 14.4 Å². The molecule has 1 aromatic heterocycles. The number of primary amides is 1. The van der Waals surface area contributed by atoms with Crippen LogP contribution in [-0.4, -0.2) is 51.7 Å². The van der Waals surface area contributed by atoms with E-state index in [2.05, 4.69) is 15.3 Å². The van der Waals surface area contributed by atoms with E-state index in [1.807, 2.05) is 11.0 Å². The Hall–Kier alpha value is -3.01. The van der Waals surface area contributed by atoms with Crippen molar-refractivity contribution >= 4 is 39.9 Å². The first-order valence-corrected chi connectivity index (χ1v) is 9.99. The van der Waals surface area contributed by atoms with E-state index in [1.165, 1.54) is 19.5 Å². The summed E-state index contributed by atoms with van der Waals surface area (Å²) in [5, 5.41) is 13.6. The Bertz CT molecular complexity index is 1150. The molecule has 3 aromatic rings. The standard InChI is InChI=1S/C21H21ClFN5O3/c1-31-18-7-16-13(5-11(18)8-28-9-12(29)6-17(28)20(24)30)21(26-10-25-16)27-15-4-2-3-14(22)19(15)23/h2-5,7,10,12,17,29H,6,8-9H2,1H3,(H2,24,30)(H,25,26,27)/t12-,17-/m1/s1. The van der Waals surface area contributed by atoms with Gasteiger partial charge in [-0.05, 0) is 24.6 Å². The third-order valence-electron chi connectivity index (χ3n) is 5.33. The van der Waals surface area contributed by atoms with Crippen LogP contribution in [0.15, 0.2) is 36.7 Å². The van der Waals surface area contributed by atoms with Crippen LogP contribution in [0.2, 0.25) is 5.02 Å². The molecule has 0 spiro atoms. The molecule has 0 radical (unpaired) electrons. The number of carbonyl (C=O) groups excluding carboxylic acids is 1. The summed E-state index contributed by atoms with van der Waals surface area (Å²) in [6, 6.07) is 7.65. The first-order chi connectivity index (χ1) is 14.9. The molecule has 8 nitrogen and oxygen atoms in total. The summed E-state index contributed by atoms with van der Waals surface area (Å²) >= 11 is 5.88. The van der Waals surface area contributed by atoms with E-state index in [4.69, 9.17) is 22.1 Å². The van der Waals surface area contributed by atoms with Gasteiger partial charge < -0.3 is 20.9 Å². The van der Waals surface area contributed by atoms with Crippen LogP contribution in [0.1, 0.15) is 12.0 Å². The van der Waals surface area contributed by atoms with Gasteiger partial charge in [-0.2, -0.15) is 0 Å². The number of fused-ring (bicyclic) bond motifs is 1. The largest absolute Gasteiger partial charge is 0.496 e. The van der Waals surface area contributed by atoms with E-state index in [9.17, 15) is 14.3 Å². The highest BCUT2D eigenvalue weighted by molar-refractivity contribution is 6.31. The number of amides is 1. The quantitative estimate of drug-likeness (QED) is 0.534. The number of benzene rings is 2. The molecule has 1 aliphatic heterocycles. The Kier molecular flexibility index (Phi) is 5.90. The zero-order valence-corrected chi connectivity index (χ0v) is 17.4. The van der Waals surface area contributed by atoms with Crippen LogP contribution in [0.4, 0.5) is 15.9 Å². The summed E-state index contributed by atoms with van der Waals surface area (Å²) in [6.07, 6.45) is 1.02. The van der Waals surface area contributed by atoms with Gasteiger partial charge in [-0.1, -0.05) is 17.7 Å². The molecule has 1 amide bonds. The van der Waals surface area contributed by atoms with Crippen molar-refractivity contribution in [1.82, 2.24) is 14.9 Å². The second-order valence-electron chi connectivity index (χ2n) is 7.37. The van der Waals surface area contributed by atoms with Crippen LogP contribution in [0.25, 0.3) is 10.9 Å². The fourth-order valence-corrected chi connectivity index (χ4v) is 4.01. The normalized spacial score (nSPS) is 19.0. The Morgan fingerprint density at radius 2 is 2.23 bits per heavy atom. The summed E-state index contributed by atoms with van der Waals surface area (Å²) in [5.41, 5.74) is 7.02. The minimum Gasteiger partial charge on any atom is -0.496 e. The van der Waals surface area contributed by atoms with E-state index >= 15 is 0 Å². The summed E-state index contributed by atoms with van der Waals surface area (Å²) in [5.74, 6) is -0.114. The van der Waals surface area contributed by atoms with Gasteiger partial charge in [0.15, 0.2) is 5.82 Å². The van der Waals surface area contributed by atoms with Gasteiger partial charge in [0, 0.05) is 30.1 Å². The number of nitrogens with two attached hydrogens (primary N) is 1. The highest BCUT2D eigenvalue weighted by atomic mass is 35.5. The molecule has 1 fully saturated rings. The molecule has 0 unspecified atom stereocenters. The van der Waals surface area contributed by atoms with Crippen LogP contribution in [0.5, 0.6) is 5.75 Å². The molecular weight excluding hydrogens is 425 g/mol. The summed E-state index contributed by atoms with van der Waals surface area (Å²) in [6.45, 7) is 0.641. The third-order valence-corrected chi connectivity index (χ3v) is 5.62. The molecule has 4 N–H and O–H groups in total. The Morgan fingerprint density at radius 1 is 1.42 bits per heavy atom. The van der Waals surface area contributed by atoms with E-state index in [-0.39, 0.29) is 17.1 Å². The van der Waals surface area contributed by atoms with Gasteiger partial charge in [0.05, 0.1) is 35.5 Å². The predicted octanol–water partition coefficient (Wildman–Crippen LogP) is 2.59. The number of hydrogen-bond acceptors (Lipinski definition) is 7.